The fourth-order valence-electron chi connectivity index (χ4n) is 3.99. The first-order chi connectivity index (χ1) is 12.2. The Bertz CT molecular complexity index is 779. The number of hydrogen-bond acceptors (Lipinski definition) is 3. The summed E-state index contributed by atoms with van der Waals surface area (Å²) in [6, 6.07) is 8.31. The molecule has 25 heavy (non-hydrogen) atoms. The monoisotopic (exact) mass is 339 g/mol. The van der Waals surface area contributed by atoms with Gasteiger partial charge in [-0.15, -0.1) is 0 Å². The first kappa shape index (κ1) is 16.3. The molecule has 1 aromatic heterocycles. The number of carbonyl (C=O) groups excluding carboxylic acids is 1. The molecule has 0 bridgehead atoms. The van der Waals surface area contributed by atoms with E-state index in [9.17, 15) is 9.90 Å². The Kier molecular flexibility index (Phi) is 4.34. The van der Waals surface area contributed by atoms with Crippen LogP contribution in [0.4, 0.5) is 0 Å². The molecule has 0 radical (unpaired) electrons. The Morgan fingerprint density at radius 2 is 2.00 bits per heavy atom. The molecule has 5 nitrogen and oxygen atoms in total. The van der Waals surface area contributed by atoms with Crippen molar-refractivity contribution >= 4 is 5.91 Å². The highest BCUT2D eigenvalue weighted by atomic mass is 16.3. The van der Waals surface area contributed by atoms with Gasteiger partial charge in [-0.1, -0.05) is 17.7 Å². The standard InChI is InChI=1S/C20H25N3O2/c1-14-6-8-16(9-7-14)23-18-5-3-2-4-17(18)19(21-23)20(25)22-11-10-15(12-22)13-24/h6-9,15,24H,2-5,10-13H2,1H3. The number of rotatable bonds is 3. The minimum absolute atomic E-state index is 0.0277. The maximum Gasteiger partial charge on any atom is 0.274 e. The Labute approximate surface area is 148 Å². The second kappa shape index (κ2) is 6.64. The van der Waals surface area contributed by atoms with E-state index in [4.69, 9.17) is 5.10 Å². The van der Waals surface area contributed by atoms with Gasteiger partial charge in [0.15, 0.2) is 5.69 Å². The summed E-state index contributed by atoms with van der Waals surface area (Å²) in [5.41, 5.74) is 5.18. The molecule has 4 rings (SSSR count). The Hall–Kier alpha value is -2.14. The zero-order chi connectivity index (χ0) is 17.4. The van der Waals surface area contributed by atoms with E-state index < -0.39 is 0 Å². The van der Waals surface area contributed by atoms with Crippen molar-refractivity contribution in [2.75, 3.05) is 19.7 Å². The number of aromatic nitrogens is 2. The number of nitrogens with zero attached hydrogens (tertiary/aromatic N) is 3. The molecule has 132 valence electrons. The van der Waals surface area contributed by atoms with Crippen LogP contribution in [0.1, 0.15) is 46.6 Å². The molecule has 1 saturated heterocycles. The van der Waals surface area contributed by atoms with Crippen LogP contribution in [-0.2, 0) is 12.8 Å². The van der Waals surface area contributed by atoms with Crippen LogP contribution in [0.25, 0.3) is 5.69 Å². The second-order valence-corrected chi connectivity index (χ2v) is 7.32. The third-order valence-electron chi connectivity index (χ3n) is 5.49. The van der Waals surface area contributed by atoms with Gasteiger partial charge in [-0.05, 0) is 51.2 Å². The van der Waals surface area contributed by atoms with E-state index in [1.54, 1.807) is 0 Å². The van der Waals surface area contributed by atoms with Crippen LogP contribution in [-0.4, -0.2) is 45.4 Å². The SMILES string of the molecule is Cc1ccc(-n2nc(C(=O)N3CCC(CO)C3)c3c2CCCC3)cc1. The number of amides is 1. The molecule has 2 aliphatic rings. The van der Waals surface area contributed by atoms with Crippen LogP contribution >= 0.6 is 0 Å². The number of aliphatic hydroxyl groups excluding tert-OH is 1. The summed E-state index contributed by atoms with van der Waals surface area (Å²) >= 11 is 0. The molecule has 1 unspecified atom stereocenters. The molecule has 0 spiro atoms. The normalized spacial score (nSPS) is 19.9. The number of aryl methyl sites for hydroxylation is 1. The van der Waals surface area contributed by atoms with Crippen molar-refractivity contribution in [1.29, 1.82) is 0 Å². The Balaban J connectivity index is 1.71. The first-order valence-corrected chi connectivity index (χ1v) is 9.25. The molecule has 1 aliphatic heterocycles. The van der Waals surface area contributed by atoms with Gasteiger partial charge in [0.1, 0.15) is 0 Å². The van der Waals surface area contributed by atoms with Crippen molar-refractivity contribution in [1.82, 2.24) is 14.7 Å². The highest BCUT2D eigenvalue weighted by Gasteiger charge is 2.32. The van der Waals surface area contributed by atoms with Crippen LogP contribution in [0.2, 0.25) is 0 Å². The molecule has 2 heterocycles. The lowest BCUT2D eigenvalue weighted by molar-refractivity contribution is 0.0774. The molecule has 1 N–H and O–H groups in total. The molecule has 1 aliphatic carbocycles. The third-order valence-corrected chi connectivity index (χ3v) is 5.49. The van der Waals surface area contributed by atoms with Crippen LogP contribution < -0.4 is 0 Å². The summed E-state index contributed by atoms with van der Waals surface area (Å²) in [4.78, 5) is 14.9. The van der Waals surface area contributed by atoms with Crippen molar-refractivity contribution in [2.45, 2.75) is 39.0 Å². The lowest BCUT2D eigenvalue weighted by atomic mass is 9.95. The maximum atomic E-state index is 13.0. The number of carbonyl (C=O) groups is 1. The average Bonchev–Trinajstić information content (AvgIpc) is 3.27. The Morgan fingerprint density at radius 3 is 2.72 bits per heavy atom. The molecule has 1 atom stereocenters. The topological polar surface area (TPSA) is 58.4 Å². The van der Waals surface area contributed by atoms with Gasteiger partial charge in [0.2, 0.25) is 0 Å². The van der Waals surface area contributed by atoms with E-state index in [1.807, 2.05) is 9.58 Å². The minimum atomic E-state index is 0.0277. The zero-order valence-electron chi connectivity index (χ0n) is 14.7. The predicted molar refractivity (Wildman–Crippen MR) is 96.0 cm³/mol. The van der Waals surface area contributed by atoms with E-state index in [1.165, 1.54) is 11.3 Å². The van der Waals surface area contributed by atoms with Gasteiger partial charge in [-0.2, -0.15) is 5.10 Å². The van der Waals surface area contributed by atoms with Crippen molar-refractivity contribution in [2.24, 2.45) is 5.92 Å². The molecular formula is C20H25N3O2. The Morgan fingerprint density at radius 1 is 1.24 bits per heavy atom. The van der Waals surface area contributed by atoms with Gasteiger partial charge in [-0.3, -0.25) is 4.79 Å². The van der Waals surface area contributed by atoms with Gasteiger partial charge in [0.05, 0.1) is 5.69 Å². The summed E-state index contributed by atoms with van der Waals surface area (Å²) in [7, 11) is 0. The van der Waals surface area contributed by atoms with Crippen molar-refractivity contribution in [3.8, 4) is 5.69 Å². The molecule has 1 aromatic carbocycles. The van der Waals surface area contributed by atoms with E-state index in [0.717, 1.165) is 49.9 Å². The van der Waals surface area contributed by atoms with E-state index in [2.05, 4.69) is 31.2 Å². The zero-order valence-corrected chi connectivity index (χ0v) is 14.7. The third kappa shape index (κ3) is 2.97. The molecule has 1 fully saturated rings. The van der Waals surface area contributed by atoms with Gasteiger partial charge < -0.3 is 10.0 Å². The second-order valence-electron chi connectivity index (χ2n) is 7.32. The van der Waals surface area contributed by atoms with Crippen molar-refractivity contribution in [3.05, 3.63) is 46.8 Å². The highest BCUT2D eigenvalue weighted by molar-refractivity contribution is 5.94. The first-order valence-electron chi connectivity index (χ1n) is 9.25. The largest absolute Gasteiger partial charge is 0.396 e. The predicted octanol–water partition coefficient (Wildman–Crippen LogP) is 2.51. The number of fused-ring (bicyclic) bond motifs is 1. The number of aliphatic hydroxyl groups is 1. The summed E-state index contributed by atoms with van der Waals surface area (Å²) in [6.45, 7) is 3.58. The van der Waals surface area contributed by atoms with Gasteiger partial charge >= 0.3 is 0 Å². The summed E-state index contributed by atoms with van der Waals surface area (Å²) in [5.74, 6) is 0.235. The minimum Gasteiger partial charge on any atom is -0.396 e. The maximum absolute atomic E-state index is 13.0. The summed E-state index contributed by atoms with van der Waals surface area (Å²) in [6.07, 6.45) is 5.05. The van der Waals surface area contributed by atoms with E-state index in [-0.39, 0.29) is 18.4 Å². The van der Waals surface area contributed by atoms with Gasteiger partial charge in [0.25, 0.3) is 5.91 Å². The number of likely N-dealkylation sites (tertiary alicyclic amines) is 1. The highest BCUT2D eigenvalue weighted by Crippen LogP contribution is 2.29. The fourth-order valence-corrected chi connectivity index (χ4v) is 3.99. The van der Waals surface area contributed by atoms with Crippen LogP contribution in [0.15, 0.2) is 24.3 Å². The van der Waals surface area contributed by atoms with Crippen LogP contribution in [0.5, 0.6) is 0 Å². The average molecular weight is 339 g/mol. The van der Waals surface area contributed by atoms with E-state index in [0.29, 0.717) is 12.2 Å². The van der Waals surface area contributed by atoms with Gasteiger partial charge in [-0.25, -0.2) is 4.68 Å². The number of benzene rings is 1. The summed E-state index contributed by atoms with van der Waals surface area (Å²) in [5, 5.41) is 14.1. The van der Waals surface area contributed by atoms with Gasteiger partial charge in [0, 0.05) is 36.9 Å². The lowest BCUT2D eigenvalue weighted by Gasteiger charge is -2.17. The van der Waals surface area contributed by atoms with Crippen LogP contribution in [0, 0.1) is 12.8 Å². The fraction of sp³-hybridized carbons (Fsp3) is 0.500. The molecular weight excluding hydrogens is 314 g/mol. The molecule has 2 aromatic rings. The van der Waals surface area contributed by atoms with Crippen molar-refractivity contribution in [3.63, 3.8) is 0 Å². The van der Waals surface area contributed by atoms with E-state index >= 15 is 0 Å². The van der Waals surface area contributed by atoms with Crippen molar-refractivity contribution < 1.29 is 9.90 Å². The molecule has 1 amide bonds. The number of hydrogen-bond donors (Lipinski definition) is 1. The van der Waals surface area contributed by atoms with Crippen LogP contribution in [0.3, 0.4) is 0 Å². The summed E-state index contributed by atoms with van der Waals surface area (Å²) < 4.78 is 1.97. The lowest BCUT2D eigenvalue weighted by Crippen LogP contribution is -2.30. The molecule has 0 saturated carbocycles. The molecule has 5 heteroatoms. The quantitative estimate of drug-likeness (QED) is 0.935. The smallest absolute Gasteiger partial charge is 0.274 e.